The van der Waals surface area contributed by atoms with Crippen LogP contribution in [0.15, 0.2) is 54.6 Å². The fraction of sp³-hybridized carbons (Fsp3) is 0.261. The van der Waals surface area contributed by atoms with Crippen LogP contribution in [0.25, 0.3) is 21.5 Å². The molecule has 1 fully saturated rings. The van der Waals surface area contributed by atoms with Gasteiger partial charge in [-0.2, -0.15) is 0 Å². The Kier molecular flexibility index (Phi) is 5.75. The lowest BCUT2D eigenvalue weighted by Crippen LogP contribution is -2.35. The molecule has 5 rings (SSSR count). The SMILES string of the molecule is COc1ccc(-c2ccc(Nc3nc4ccc(CN5CCOCC5)cc4s3)nn2)cc1. The molecule has 0 amide bonds. The summed E-state index contributed by atoms with van der Waals surface area (Å²) in [6, 6.07) is 18.1. The van der Waals surface area contributed by atoms with Crippen LogP contribution in [0.3, 0.4) is 0 Å². The van der Waals surface area contributed by atoms with Crippen LogP contribution in [0.1, 0.15) is 5.56 Å². The van der Waals surface area contributed by atoms with Crippen LogP contribution in [0.2, 0.25) is 0 Å². The molecule has 7 nitrogen and oxygen atoms in total. The maximum atomic E-state index is 5.44. The average molecular weight is 434 g/mol. The Labute approximate surface area is 184 Å². The Morgan fingerprint density at radius 2 is 1.87 bits per heavy atom. The first-order valence-electron chi connectivity index (χ1n) is 10.2. The van der Waals surface area contributed by atoms with Crippen LogP contribution < -0.4 is 10.1 Å². The second-order valence-corrected chi connectivity index (χ2v) is 8.40. The zero-order chi connectivity index (χ0) is 21.0. The number of ether oxygens (including phenoxy) is 2. The normalized spacial score (nSPS) is 14.6. The van der Waals surface area contributed by atoms with Gasteiger partial charge >= 0.3 is 0 Å². The number of fused-ring (bicyclic) bond motifs is 1. The van der Waals surface area contributed by atoms with Gasteiger partial charge in [-0.05, 0) is 54.1 Å². The maximum Gasteiger partial charge on any atom is 0.189 e. The van der Waals surface area contributed by atoms with Gasteiger partial charge in [0.15, 0.2) is 10.9 Å². The number of hydrogen-bond donors (Lipinski definition) is 1. The average Bonchev–Trinajstić information content (AvgIpc) is 3.22. The molecule has 0 aliphatic carbocycles. The molecule has 4 aromatic rings. The Bertz CT molecular complexity index is 1160. The van der Waals surface area contributed by atoms with Gasteiger partial charge in [0.2, 0.25) is 0 Å². The van der Waals surface area contributed by atoms with Gasteiger partial charge in [-0.15, -0.1) is 10.2 Å². The molecule has 1 N–H and O–H groups in total. The summed E-state index contributed by atoms with van der Waals surface area (Å²) in [6.07, 6.45) is 0. The molecule has 3 heterocycles. The third-order valence-corrected chi connectivity index (χ3v) is 6.18. The van der Waals surface area contributed by atoms with Gasteiger partial charge in [-0.25, -0.2) is 4.98 Å². The topological polar surface area (TPSA) is 72.4 Å². The number of thiazole rings is 1. The van der Waals surface area contributed by atoms with E-state index in [9.17, 15) is 0 Å². The van der Waals surface area contributed by atoms with Gasteiger partial charge in [0.05, 0.1) is 36.2 Å². The number of anilines is 2. The molecule has 158 valence electrons. The Morgan fingerprint density at radius 3 is 2.61 bits per heavy atom. The summed E-state index contributed by atoms with van der Waals surface area (Å²) >= 11 is 1.63. The van der Waals surface area contributed by atoms with E-state index in [0.29, 0.717) is 5.82 Å². The number of nitrogens with one attached hydrogen (secondary N) is 1. The third-order valence-electron chi connectivity index (χ3n) is 5.25. The Morgan fingerprint density at radius 1 is 1.03 bits per heavy atom. The largest absolute Gasteiger partial charge is 0.497 e. The standard InChI is InChI=1S/C23H23N5O2S/c1-29-18-5-3-17(4-6-18)19-8-9-22(27-26-19)25-23-24-20-7-2-16(14-21(20)31-23)15-28-10-12-30-13-11-28/h2-9,14H,10-13,15H2,1H3,(H,24,25,27). The van der Waals surface area contributed by atoms with Gasteiger partial charge in [0.25, 0.3) is 0 Å². The lowest BCUT2D eigenvalue weighted by atomic mass is 10.1. The van der Waals surface area contributed by atoms with E-state index in [1.54, 1.807) is 18.4 Å². The third kappa shape index (κ3) is 4.66. The molecule has 1 saturated heterocycles. The van der Waals surface area contributed by atoms with E-state index in [2.05, 4.69) is 43.6 Å². The van der Waals surface area contributed by atoms with E-state index in [1.807, 2.05) is 36.4 Å². The quantitative estimate of drug-likeness (QED) is 0.485. The minimum Gasteiger partial charge on any atom is -0.497 e. The van der Waals surface area contributed by atoms with Crippen LogP contribution in [0.4, 0.5) is 10.9 Å². The van der Waals surface area contributed by atoms with E-state index in [4.69, 9.17) is 9.47 Å². The second-order valence-electron chi connectivity index (χ2n) is 7.37. The molecule has 0 unspecified atom stereocenters. The van der Waals surface area contributed by atoms with E-state index in [0.717, 1.165) is 65.2 Å². The van der Waals surface area contributed by atoms with Gasteiger partial charge < -0.3 is 14.8 Å². The molecule has 1 aliphatic heterocycles. The lowest BCUT2D eigenvalue weighted by Gasteiger charge is -2.26. The molecule has 1 aliphatic rings. The van der Waals surface area contributed by atoms with Gasteiger partial charge in [0.1, 0.15) is 5.75 Å². The molecule has 31 heavy (non-hydrogen) atoms. The summed E-state index contributed by atoms with van der Waals surface area (Å²) in [5, 5.41) is 12.7. The summed E-state index contributed by atoms with van der Waals surface area (Å²) in [7, 11) is 1.66. The van der Waals surface area contributed by atoms with E-state index in [-0.39, 0.29) is 0 Å². The Balaban J connectivity index is 1.28. The first-order valence-corrected chi connectivity index (χ1v) is 11.0. The van der Waals surface area contributed by atoms with Crippen molar-refractivity contribution < 1.29 is 9.47 Å². The summed E-state index contributed by atoms with van der Waals surface area (Å²) in [5.41, 5.74) is 4.09. The van der Waals surface area contributed by atoms with Crippen molar-refractivity contribution in [3.63, 3.8) is 0 Å². The lowest BCUT2D eigenvalue weighted by molar-refractivity contribution is 0.0342. The van der Waals surface area contributed by atoms with Crippen LogP contribution in [-0.4, -0.2) is 53.5 Å². The summed E-state index contributed by atoms with van der Waals surface area (Å²) < 4.78 is 11.8. The number of morpholine rings is 1. The first-order chi connectivity index (χ1) is 15.3. The van der Waals surface area contributed by atoms with Crippen molar-refractivity contribution in [3.8, 4) is 17.0 Å². The van der Waals surface area contributed by atoms with E-state index < -0.39 is 0 Å². The maximum absolute atomic E-state index is 5.44. The molecule has 0 bridgehead atoms. The van der Waals surface area contributed by atoms with Gasteiger partial charge in [-0.3, -0.25) is 4.90 Å². The smallest absolute Gasteiger partial charge is 0.189 e. The molecule has 2 aromatic carbocycles. The van der Waals surface area contributed by atoms with Crippen molar-refractivity contribution >= 4 is 32.5 Å². The highest BCUT2D eigenvalue weighted by molar-refractivity contribution is 7.22. The first kappa shape index (κ1) is 19.9. The van der Waals surface area contributed by atoms with Crippen molar-refractivity contribution in [2.24, 2.45) is 0 Å². The number of rotatable bonds is 6. The molecule has 0 spiro atoms. The number of nitrogens with zero attached hydrogens (tertiary/aromatic N) is 4. The minimum absolute atomic E-state index is 0.671. The number of aromatic nitrogens is 3. The molecule has 8 heteroatoms. The van der Waals surface area contributed by atoms with Crippen LogP contribution in [-0.2, 0) is 11.3 Å². The highest BCUT2D eigenvalue weighted by Gasteiger charge is 2.12. The van der Waals surface area contributed by atoms with E-state index >= 15 is 0 Å². The van der Waals surface area contributed by atoms with Crippen molar-refractivity contribution in [1.29, 1.82) is 0 Å². The summed E-state index contributed by atoms with van der Waals surface area (Å²) in [4.78, 5) is 7.11. The van der Waals surface area contributed by atoms with Crippen molar-refractivity contribution in [2.75, 3.05) is 38.7 Å². The Hall–Kier alpha value is -3.07. The highest BCUT2D eigenvalue weighted by atomic mass is 32.1. The summed E-state index contributed by atoms with van der Waals surface area (Å²) in [5.74, 6) is 1.49. The predicted octanol–water partition coefficient (Wildman–Crippen LogP) is 4.34. The number of benzene rings is 2. The van der Waals surface area contributed by atoms with Crippen LogP contribution in [0, 0.1) is 0 Å². The zero-order valence-electron chi connectivity index (χ0n) is 17.2. The molecular formula is C23H23N5O2S. The number of methoxy groups -OCH3 is 1. The van der Waals surface area contributed by atoms with Gasteiger partial charge in [0, 0.05) is 25.2 Å². The second kappa shape index (κ2) is 8.97. The van der Waals surface area contributed by atoms with Crippen molar-refractivity contribution in [2.45, 2.75) is 6.54 Å². The van der Waals surface area contributed by atoms with Crippen LogP contribution in [0.5, 0.6) is 5.75 Å². The van der Waals surface area contributed by atoms with Crippen molar-refractivity contribution in [1.82, 2.24) is 20.1 Å². The van der Waals surface area contributed by atoms with Crippen LogP contribution >= 0.6 is 11.3 Å². The molecule has 2 aromatic heterocycles. The minimum atomic E-state index is 0.671. The highest BCUT2D eigenvalue weighted by Crippen LogP contribution is 2.29. The molecule has 0 radical (unpaired) electrons. The zero-order valence-corrected chi connectivity index (χ0v) is 18.1. The summed E-state index contributed by atoms with van der Waals surface area (Å²) in [6.45, 7) is 4.54. The van der Waals surface area contributed by atoms with E-state index in [1.165, 1.54) is 5.56 Å². The predicted molar refractivity (Wildman–Crippen MR) is 123 cm³/mol. The van der Waals surface area contributed by atoms with Gasteiger partial charge in [-0.1, -0.05) is 17.4 Å². The molecule has 0 atom stereocenters. The van der Waals surface area contributed by atoms with Crippen molar-refractivity contribution in [3.05, 3.63) is 60.2 Å². The monoisotopic (exact) mass is 433 g/mol. The fourth-order valence-corrected chi connectivity index (χ4v) is 4.50. The molecule has 0 saturated carbocycles. The fourth-order valence-electron chi connectivity index (χ4n) is 3.56. The number of hydrogen-bond acceptors (Lipinski definition) is 8. The molecular weight excluding hydrogens is 410 g/mol.